The lowest BCUT2D eigenvalue weighted by Gasteiger charge is -2.13. The topological polar surface area (TPSA) is 181 Å². The van der Waals surface area contributed by atoms with E-state index in [0.717, 1.165) is 0 Å². The minimum atomic E-state index is -0.431. The van der Waals surface area contributed by atoms with Crippen LogP contribution in [0.2, 0.25) is 0 Å². The highest BCUT2D eigenvalue weighted by atomic mass is 32.2. The molecule has 6 N–H and O–H groups in total. The fraction of sp³-hybridized carbons (Fsp3) is 0.500. The van der Waals surface area contributed by atoms with Gasteiger partial charge in [0, 0.05) is 23.9 Å². The van der Waals surface area contributed by atoms with E-state index in [-0.39, 0.29) is 48.2 Å². The van der Waals surface area contributed by atoms with Crippen molar-refractivity contribution in [3.8, 4) is 0 Å². The van der Waals surface area contributed by atoms with Gasteiger partial charge in [-0.1, -0.05) is 0 Å². The van der Waals surface area contributed by atoms with Crippen molar-refractivity contribution < 1.29 is 19.7 Å². The Morgan fingerprint density at radius 3 is 1.60 bits per heavy atom. The van der Waals surface area contributed by atoms with E-state index in [0.29, 0.717) is 11.5 Å². The predicted molar refractivity (Wildman–Crippen MR) is 113 cm³/mol. The van der Waals surface area contributed by atoms with Crippen molar-refractivity contribution in [2.24, 2.45) is 0 Å². The van der Waals surface area contributed by atoms with E-state index in [2.05, 4.69) is 9.97 Å². The number of nitrogens with two attached hydrogens (primary N) is 2. The number of rotatable bonds is 4. The Balaban J connectivity index is 0.000000171. The number of aliphatic hydroxyl groups is 2. The van der Waals surface area contributed by atoms with Crippen molar-refractivity contribution in [3.05, 3.63) is 45.5 Å². The molecule has 164 valence electrons. The maximum atomic E-state index is 11.4. The minimum absolute atomic E-state index is 0.0572. The molecule has 2 aliphatic rings. The number of thioether (sulfide) groups is 2. The van der Waals surface area contributed by atoms with Crippen molar-refractivity contribution >= 4 is 35.2 Å². The Morgan fingerprint density at radius 1 is 0.900 bits per heavy atom. The third-order valence-corrected chi connectivity index (χ3v) is 6.31. The molecule has 0 amide bonds. The zero-order valence-corrected chi connectivity index (χ0v) is 17.4. The molecule has 12 nitrogen and oxygen atoms in total. The molecule has 2 aromatic rings. The molecule has 0 spiro atoms. The quantitative estimate of drug-likeness (QED) is 0.431. The van der Waals surface area contributed by atoms with Gasteiger partial charge < -0.3 is 31.2 Å². The van der Waals surface area contributed by atoms with Crippen LogP contribution in [0.15, 0.2) is 34.1 Å². The first-order valence-electron chi connectivity index (χ1n) is 8.86. The molecule has 4 heterocycles. The predicted octanol–water partition coefficient (Wildman–Crippen LogP) is -1.19. The van der Waals surface area contributed by atoms with Crippen LogP contribution in [0.3, 0.4) is 0 Å². The fourth-order valence-corrected chi connectivity index (χ4v) is 4.52. The molecule has 0 aliphatic carbocycles. The minimum Gasteiger partial charge on any atom is -0.393 e. The number of aliphatic hydroxyl groups excluding tert-OH is 2. The lowest BCUT2D eigenvalue weighted by atomic mass is 10.5. The summed E-state index contributed by atoms with van der Waals surface area (Å²) in [5.41, 5.74) is 9.35. The second kappa shape index (κ2) is 10.3. The molecule has 2 saturated heterocycles. The molecule has 0 aromatic carbocycles. The van der Waals surface area contributed by atoms with Crippen LogP contribution >= 0.6 is 23.5 Å². The van der Waals surface area contributed by atoms with Crippen LogP contribution in [0.4, 0.5) is 11.6 Å². The van der Waals surface area contributed by atoms with Gasteiger partial charge in [-0.05, 0) is 12.1 Å². The summed E-state index contributed by atoms with van der Waals surface area (Å²) in [4.78, 5) is 30.1. The molecule has 0 bridgehead atoms. The highest BCUT2D eigenvalue weighted by Gasteiger charge is 2.28. The average Bonchev–Trinajstić information content (AvgIpc) is 3.38. The van der Waals surface area contributed by atoms with Gasteiger partial charge in [0.15, 0.2) is 0 Å². The monoisotopic (exact) mass is 458 g/mol. The second-order valence-corrected chi connectivity index (χ2v) is 8.54. The van der Waals surface area contributed by atoms with Crippen molar-refractivity contribution in [1.29, 1.82) is 0 Å². The van der Waals surface area contributed by atoms with Crippen LogP contribution < -0.4 is 22.8 Å². The van der Waals surface area contributed by atoms with Crippen LogP contribution in [-0.4, -0.2) is 64.9 Å². The van der Waals surface area contributed by atoms with E-state index in [4.69, 9.17) is 31.2 Å². The number of nitrogen functional groups attached to an aromatic ring is 2. The number of hydrogen-bond acceptors (Lipinski definition) is 12. The Kier molecular flexibility index (Phi) is 7.74. The van der Waals surface area contributed by atoms with E-state index in [9.17, 15) is 9.59 Å². The van der Waals surface area contributed by atoms with Gasteiger partial charge >= 0.3 is 11.4 Å². The Morgan fingerprint density at radius 2 is 1.30 bits per heavy atom. The lowest BCUT2D eigenvalue weighted by Crippen LogP contribution is -2.28. The number of hydrogen-bond donors (Lipinski definition) is 4. The Bertz CT molecular complexity index is 894. The average molecular weight is 459 g/mol. The molecule has 2 fully saturated rings. The third kappa shape index (κ3) is 5.53. The summed E-state index contributed by atoms with van der Waals surface area (Å²) in [5, 5.41) is 17.8. The summed E-state index contributed by atoms with van der Waals surface area (Å²) < 4.78 is 13.6. The van der Waals surface area contributed by atoms with Gasteiger partial charge in [0.05, 0.1) is 13.2 Å². The SMILES string of the molecule is Nc1ccn([C@@H]2CS[C@H](CO)O2)c(=O)n1.Nc1ccn([C@H]2CS[C@@H](CO)O2)c(=O)n1. The van der Waals surface area contributed by atoms with Crippen LogP contribution in [0, 0.1) is 0 Å². The number of anilines is 2. The first kappa shape index (κ1) is 22.6. The maximum Gasteiger partial charge on any atom is 0.351 e. The largest absolute Gasteiger partial charge is 0.393 e. The molecule has 4 atom stereocenters. The summed E-state index contributed by atoms with van der Waals surface area (Å²) in [6, 6.07) is 3.09. The smallest absolute Gasteiger partial charge is 0.351 e. The van der Waals surface area contributed by atoms with E-state index in [1.807, 2.05) is 0 Å². The third-order valence-electron chi connectivity index (χ3n) is 4.09. The maximum absolute atomic E-state index is 11.4. The highest BCUT2D eigenvalue weighted by molar-refractivity contribution is 8.00. The van der Waals surface area contributed by atoms with Crippen molar-refractivity contribution in [2.75, 3.05) is 36.2 Å². The van der Waals surface area contributed by atoms with Crippen LogP contribution in [0.5, 0.6) is 0 Å². The van der Waals surface area contributed by atoms with E-state index in [1.54, 1.807) is 24.5 Å². The van der Waals surface area contributed by atoms with Crippen LogP contribution in [0.25, 0.3) is 0 Å². The molecule has 0 unspecified atom stereocenters. The van der Waals surface area contributed by atoms with Gasteiger partial charge in [-0.15, -0.1) is 23.5 Å². The molecule has 0 saturated carbocycles. The van der Waals surface area contributed by atoms with Gasteiger partial charge in [0.2, 0.25) is 0 Å². The van der Waals surface area contributed by atoms with Gasteiger partial charge in [0.25, 0.3) is 0 Å². The summed E-state index contributed by atoms with van der Waals surface area (Å²) in [5.74, 6) is 1.63. The number of ether oxygens (including phenoxy) is 2. The van der Waals surface area contributed by atoms with Crippen molar-refractivity contribution in [1.82, 2.24) is 19.1 Å². The molecule has 14 heteroatoms. The highest BCUT2D eigenvalue weighted by Crippen LogP contribution is 2.31. The summed E-state index contributed by atoms with van der Waals surface area (Å²) >= 11 is 2.93. The van der Waals surface area contributed by atoms with Gasteiger partial charge in [-0.3, -0.25) is 9.13 Å². The van der Waals surface area contributed by atoms with Crippen LogP contribution in [-0.2, 0) is 9.47 Å². The van der Waals surface area contributed by atoms with Gasteiger partial charge in [-0.2, -0.15) is 9.97 Å². The van der Waals surface area contributed by atoms with Crippen molar-refractivity contribution in [3.63, 3.8) is 0 Å². The van der Waals surface area contributed by atoms with E-state index in [1.165, 1.54) is 32.7 Å². The Labute approximate surface area is 179 Å². The van der Waals surface area contributed by atoms with E-state index < -0.39 is 11.4 Å². The zero-order valence-electron chi connectivity index (χ0n) is 15.7. The molecule has 4 rings (SSSR count). The van der Waals surface area contributed by atoms with Gasteiger partial charge in [0.1, 0.15) is 35.0 Å². The molecular formula is C16H22N6O6S2. The van der Waals surface area contributed by atoms with Crippen LogP contribution in [0.1, 0.15) is 12.5 Å². The standard InChI is InChI=1S/2C8H11N3O3S/c2*9-5-1-2-11(8(13)10-5)6-4-15-7(3-12)14-6/h2*1-2,6-7,12H,3-4H2,(H2,9,10,13)/t2*6-,7+/m10/s1. The lowest BCUT2D eigenvalue weighted by molar-refractivity contribution is -0.00634. The summed E-state index contributed by atoms with van der Waals surface area (Å²) in [7, 11) is 0. The second-order valence-electron chi connectivity index (χ2n) is 6.16. The number of nitrogens with zero attached hydrogens (tertiary/aromatic N) is 4. The normalized spacial score (nSPS) is 25.7. The molecule has 2 aliphatic heterocycles. The summed E-state index contributed by atoms with van der Waals surface area (Å²) in [6.07, 6.45) is 2.37. The summed E-state index contributed by atoms with van der Waals surface area (Å²) in [6.45, 7) is -0.114. The Hall–Kier alpha value is -2.10. The van der Waals surface area contributed by atoms with Crippen molar-refractivity contribution in [2.45, 2.75) is 23.3 Å². The first-order chi connectivity index (χ1) is 14.4. The first-order valence-corrected chi connectivity index (χ1v) is 11.0. The zero-order chi connectivity index (χ0) is 21.7. The van der Waals surface area contributed by atoms with E-state index >= 15 is 0 Å². The molecule has 30 heavy (non-hydrogen) atoms. The fourth-order valence-electron chi connectivity index (χ4n) is 2.66. The van der Waals surface area contributed by atoms with Gasteiger partial charge in [-0.25, -0.2) is 9.59 Å². The molecule has 2 aromatic heterocycles. The molecule has 0 radical (unpaired) electrons. The number of aromatic nitrogens is 4. The molecular weight excluding hydrogens is 436 g/mol.